The molecule has 0 heterocycles. The van der Waals surface area contributed by atoms with Crippen LogP contribution in [0.15, 0.2) is 0 Å². The number of nitriles is 1. The zero-order chi connectivity index (χ0) is 13.0. The molecule has 0 aliphatic carbocycles. The Labute approximate surface area is 99.1 Å². The zero-order valence-corrected chi connectivity index (χ0v) is 11.6. The molecule has 0 aliphatic heterocycles. The second-order valence-electron chi connectivity index (χ2n) is 5.32. The van der Waals surface area contributed by atoms with E-state index in [4.69, 9.17) is 5.26 Å². The van der Waals surface area contributed by atoms with Gasteiger partial charge in [0.2, 0.25) is 10.0 Å². The summed E-state index contributed by atoms with van der Waals surface area (Å²) in [5.74, 6) is 0.0312. The van der Waals surface area contributed by atoms with Gasteiger partial charge in [-0.1, -0.05) is 34.6 Å². The van der Waals surface area contributed by atoms with Gasteiger partial charge in [0.15, 0.2) is 0 Å². The number of hydrogen-bond acceptors (Lipinski definition) is 3. The van der Waals surface area contributed by atoms with Crippen molar-refractivity contribution in [1.82, 2.24) is 4.72 Å². The fourth-order valence-electron chi connectivity index (χ4n) is 1.48. The summed E-state index contributed by atoms with van der Waals surface area (Å²) in [6.07, 6.45) is 0.951. The van der Waals surface area contributed by atoms with Crippen molar-refractivity contribution < 1.29 is 8.42 Å². The lowest BCUT2D eigenvalue weighted by atomic mass is 9.97. The second-order valence-corrected chi connectivity index (χ2v) is 7.05. The number of nitrogens with one attached hydrogen (secondary N) is 1. The molecule has 0 aromatic rings. The standard InChI is InChI=1S/C11H22N2O2S/c1-6-11(7-2,8-12)13-16(14,15)9-10(3,4)5/h13H,6-7,9H2,1-5H3. The lowest BCUT2D eigenvalue weighted by Crippen LogP contribution is -2.48. The Morgan fingerprint density at radius 3 is 1.88 bits per heavy atom. The van der Waals surface area contributed by atoms with Crippen LogP contribution in [0.4, 0.5) is 0 Å². The summed E-state index contributed by atoms with van der Waals surface area (Å²) >= 11 is 0. The molecule has 0 atom stereocenters. The maximum Gasteiger partial charge on any atom is 0.213 e. The van der Waals surface area contributed by atoms with Gasteiger partial charge < -0.3 is 0 Å². The first-order chi connectivity index (χ1) is 7.10. The van der Waals surface area contributed by atoms with E-state index < -0.39 is 15.6 Å². The van der Waals surface area contributed by atoms with Crippen molar-refractivity contribution in [2.45, 2.75) is 53.0 Å². The monoisotopic (exact) mass is 246 g/mol. The Hall–Kier alpha value is -0.600. The molecule has 5 heteroatoms. The molecule has 0 radical (unpaired) electrons. The van der Waals surface area contributed by atoms with E-state index in [-0.39, 0.29) is 11.2 Å². The van der Waals surface area contributed by atoms with Gasteiger partial charge in [-0.3, -0.25) is 0 Å². The highest BCUT2D eigenvalue weighted by Crippen LogP contribution is 2.20. The van der Waals surface area contributed by atoms with Crippen molar-refractivity contribution >= 4 is 10.0 Å². The zero-order valence-electron chi connectivity index (χ0n) is 10.8. The summed E-state index contributed by atoms with van der Waals surface area (Å²) in [6.45, 7) is 9.20. The molecule has 4 nitrogen and oxygen atoms in total. The Balaban J connectivity index is 4.91. The fourth-order valence-corrected chi connectivity index (χ4v) is 3.62. The fraction of sp³-hybridized carbons (Fsp3) is 0.909. The van der Waals surface area contributed by atoms with Crippen molar-refractivity contribution in [1.29, 1.82) is 5.26 Å². The average molecular weight is 246 g/mol. The third kappa shape index (κ3) is 4.95. The van der Waals surface area contributed by atoms with Gasteiger partial charge in [0.25, 0.3) is 0 Å². The van der Waals surface area contributed by atoms with E-state index >= 15 is 0 Å². The maximum absolute atomic E-state index is 11.9. The Morgan fingerprint density at radius 2 is 1.62 bits per heavy atom. The molecule has 0 aliphatic rings. The molecule has 16 heavy (non-hydrogen) atoms. The summed E-state index contributed by atoms with van der Waals surface area (Å²) in [5.41, 5.74) is -1.27. The number of hydrogen-bond donors (Lipinski definition) is 1. The van der Waals surface area contributed by atoms with Crippen molar-refractivity contribution in [2.24, 2.45) is 5.41 Å². The highest BCUT2D eigenvalue weighted by atomic mass is 32.2. The summed E-state index contributed by atoms with van der Waals surface area (Å²) in [4.78, 5) is 0. The molecule has 0 unspecified atom stereocenters. The summed E-state index contributed by atoms with van der Waals surface area (Å²) in [7, 11) is -3.41. The van der Waals surface area contributed by atoms with Crippen LogP contribution in [0.1, 0.15) is 47.5 Å². The lowest BCUT2D eigenvalue weighted by molar-refractivity contribution is 0.424. The van der Waals surface area contributed by atoms with Crippen LogP contribution in [0.2, 0.25) is 0 Å². The SMILES string of the molecule is CCC(C#N)(CC)NS(=O)(=O)CC(C)(C)C. The smallest absolute Gasteiger partial charge is 0.212 e. The summed E-state index contributed by atoms with van der Waals surface area (Å²) < 4.78 is 26.3. The van der Waals surface area contributed by atoms with Crippen LogP contribution in [0.5, 0.6) is 0 Å². The quantitative estimate of drug-likeness (QED) is 0.807. The molecule has 0 bridgehead atoms. The first-order valence-corrected chi connectivity index (χ1v) is 7.18. The van der Waals surface area contributed by atoms with Crippen LogP contribution in [0.25, 0.3) is 0 Å². The van der Waals surface area contributed by atoms with E-state index in [0.717, 1.165) is 0 Å². The molecule has 94 valence electrons. The van der Waals surface area contributed by atoms with Gasteiger partial charge in [-0.15, -0.1) is 0 Å². The third-order valence-corrected chi connectivity index (χ3v) is 4.34. The van der Waals surface area contributed by atoms with Gasteiger partial charge in [0, 0.05) is 0 Å². The van der Waals surface area contributed by atoms with E-state index in [9.17, 15) is 8.42 Å². The molecule has 0 fully saturated rings. The summed E-state index contributed by atoms with van der Waals surface area (Å²) in [5, 5.41) is 9.06. The van der Waals surface area contributed by atoms with Crippen LogP contribution in [-0.4, -0.2) is 19.7 Å². The molecule has 0 aromatic carbocycles. The molecular formula is C11H22N2O2S. The number of nitrogens with zero attached hydrogens (tertiary/aromatic N) is 1. The summed E-state index contributed by atoms with van der Waals surface area (Å²) in [6, 6.07) is 2.07. The van der Waals surface area contributed by atoms with Crippen molar-refractivity contribution in [3.8, 4) is 6.07 Å². The molecule has 0 saturated heterocycles. The first kappa shape index (κ1) is 15.4. The largest absolute Gasteiger partial charge is 0.213 e. The highest BCUT2D eigenvalue weighted by molar-refractivity contribution is 7.89. The van der Waals surface area contributed by atoms with Gasteiger partial charge in [-0.25, -0.2) is 8.42 Å². The topological polar surface area (TPSA) is 70.0 Å². The number of rotatable bonds is 5. The minimum absolute atomic E-state index is 0.0312. The van der Waals surface area contributed by atoms with Crippen LogP contribution in [0.3, 0.4) is 0 Å². The normalized spacial score (nSPS) is 13.5. The third-order valence-electron chi connectivity index (χ3n) is 2.40. The van der Waals surface area contributed by atoms with Gasteiger partial charge >= 0.3 is 0 Å². The van der Waals surface area contributed by atoms with Crippen LogP contribution < -0.4 is 4.72 Å². The average Bonchev–Trinajstić information content (AvgIpc) is 2.10. The first-order valence-electron chi connectivity index (χ1n) is 5.52. The maximum atomic E-state index is 11.9. The van der Waals surface area contributed by atoms with Gasteiger partial charge in [-0.2, -0.15) is 9.98 Å². The second kappa shape index (κ2) is 5.15. The van der Waals surface area contributed by atoms with E-state index in [2.05, 4.69) is 10.8 Å². The van der Waals surface area contributed by atoms with E-state index in [1.54, 1.807) is 0 Å². The minimum atomic E-state index is -3.41. The lowest BCUT2D eigenvalue weighted by Gasteiger charge is -2.27. The molecular weight excluding hydrogens is 224 g/mol. The van der Waals surface area contributed by atoms with Crippen LogP contribution >= 0.6 is 0 Å². The molecule has 0 spiro atoms. The Bertz CT molecular complexity index is 356. The molecule has 0 saturated carbocycles. The highest BCUT2D eigenvalue weighted by Gasteiger charge is 2.33. The van der Waals surface area contributed by atoms with Gasteiger partial charge in [-0.05, 0) is 18.3 Å². The predicted octanol–water partition coefficient (Wildman–Crippen LogP) is 2.03. The molecule has 0 amide bonds. The van der Waals surface area contributed by atoms with Crippen LogP contribution in [0, 0.1) is 16.7 Å². The number of sulfonamides is 1. The van der Waals surface area contributed by atoms with Gasteiger partial charge in [0.1, 0.15) is 5.54 Å². The molecule has 0 rings (SSSR count). The van der Waals surface area contributed by atoms with E-state index in [1.165, 1.54) is 0 Å². The van der Waals surface area contributed by atoms with Gasteiger partial charge in [0.05, 0.1) is 11.8 Å². The van der Waals surface area contributed by atoms with E-state index in [1.807, 2.05) is 34.6 Å². The Kier molecular flexibility index (Phi) is 4.96. The molecule has 0 aromatic heterocycles. The van der Waals surface area contributed by atoms with E-state index in [0.29, 0.717) is 12.8 Å². The minimum Gasteiger partial charge on any atom is -0.212 e. The molecule has 1 N–H and O–H groups in total. The Morgan fingerprint density at radius 1 is 1.19 bits per heavy atom. The van der Waals surface area contributed by atoms with Crippen molar-refractivity contribution in [3.63, 3.8) is 0 Å². The van der Waals surface area contributed by atoms with Crippen molar-refractivity contribution in [2.75, 3.05) is 5.75 Å². The van der Waals surface area contributed by atoms with Crippen molar-refractivity contribution in [3.05, 3.63) is 0 Å². The predicted molar refractivity (Wildman–Crippen MR) is 65.3 cm³/mol. The van der Waals surface area contributed by atoms with Crippen LogP contribution in [-0.2, 0) is 10.0 Å².